The zero-order valence-corrected chi connectivity index (χ0v) is 14.5. The summed E-state index contributed by atoms with van der Waals surface area (Å²) in [6.45, 7) is 10.4. The van der Waals surface area contributed by atoms with E-state index in [1.165, 1.54) is 0 Å². The van der Waals surface area contributed by atoms with Crippen LogP contribution in [0.1, 0.15) is 31.2 Å². The van der Waals surface area contributed by atoms with Crippen LogP contribution in [0.15, 0.2) is 52.0 Å². The lowest BCUT2D eigenvalue weighted by atomic mass is 10.2. The van der Waals surface area contributed by atoms with E-state index >= 15 is 0 Å². The standard InChI is InChI=1S/C17H21BrN2O2/c1-4-14(20(5-2)6-3)16-15(18)17(19-22-16)21-12-13-10-8-7-9-11-13/h4,7-11,14H,1,5-6,12H2,2-3H3/t14-/m0/s1. The van der Waals surface area contributed by atoms with Crippen molar-refractivity contribution in [2.24, 2.45) is 0 Å². The molecule has 0 amide bonds. The Kier molecular flexibility index (Phi) is 6.21. The van der Waals surface area contributed by atoms with Gasteiger partial charge in [0.15, 0.2) is 5.76 Å². The molecule has 5 heteroatoms. The molecule has 0 saturated carbocycles. The minimum Gasteiger partial charge on any atom is -0.470 e. The van der Waals surface area contributed by atoms with Crippen LogP contribution in [-0.2, 0) is 6.61 Å². The molecule has 0 fully saturated rings. The first-order chi connectivity index (χ1) is 10.7. The van der Waals surface area contributed by atoms with Crippen molar-refractivity contribution in [3.8, 4) is 5.88 Å². The number of likely N-dealkylation sites (N-methyl/N-ethyl adjacent to an activating group) is 1. The first-order valence-corrected chi connectivity index (χ1v) is 8.18. The van der Waals surface area contributed by atoms with Gasteiger partial charge in [0.1, 0.15) is 11.1 Å². The highest BCUT2D eigenvalue weighted by Crippen LogP contribution is 2.35. The van der Waals surface area contributed by atoms with E-state index < -0.39 is 0 Å². The van der Waals surface area contributed by atoms with Gasteiger partial charge in [-0.2, -0.15) is 0 Å². The van der Waals surface area contributed by atoms with Gasteiger partial charge in [0.05, 0.1) is 6.04 Å². The first kappa shape index (κ1) is 16.8. The Balaban J connectivity index is 2.12. The van der Waals surface area contributed by atoms with Crippen molar-refractivity contribution >= 4 is 15.9 Å². The Morgan fingerprint density at radius 1 is 1.32 bits per heavy atom. The fourth-order valence-electron chi connectivity index (χ4n) is 2.31. The molecule has 1 aromatic heterocycles. The molecule has 0 unspecified atom stereocenters. The molecule has 4 nitrogen and oxygen atoms in total. The number of rotatable bonds is 8. The number of benzene rings is 1. The van der Waals surface area contributed by atoms with Gasteiger partial charge in [-0.1, -0.05) is 50.3 Å². The Morgan fingerprint density at radius 3 is 2.59 bits per heavy atom. The van der Waals surface area contributed by atoms with Gasteiger partial charge in [-0.15, -0.1) is 6.58 Å². The number of nitrogens with zero attached hydrogens (tertiary/aromatic N) is 2. The van der Waals surface area contributed by atoms with Gasteiger partial charge >= 0.3 is 0 Å². The molecule has 2 aromatic rings. The summed E-state index contributed by atoms with van der Waals surface area (Å²) >= 11 is 3.54. The SMILES string of the molecule is C=C[C@@H](c1onc(OCc2ccccc2)c1Br)N(CC)CC. The van der Waals surface area contributed by atoms with Crippen molar-refractivity contribution in [1.82, 2.24) is 10.1 Å². The molecule has 0 aliphatic heterocycles. The molecule has 1 atom stereocenters. The summed E-state index contributed by atoms with van der Waals surface area (Å²) in [5, 5.41) is 4.03. The fraction of sp³-hybridized carbons (Fsp3) is 0.353. The van der Waals surface area contributed by atoms with E-state index in [0.717, 1.165) is 28.9 Å². The zero-order valence-electron chi connectivity index (χ0n) is 13.0. The molecule has 0 spiro atoms. The van der Waals surface area contributed by atoms with E-state index in [9.17, 15) is 0 Å². The normalized spacial score (nSPS) is 12.4. The van der Waals surface area contributed by atoms with Crippen LogP contribution >= 0.6 is 15.9 Å². The van der Waals surface area contributed by atoms with E-state index in [4.69, 9.17) is 9.26 Å². The van der Waals surface area contributed by atoms with E-state index in [1.807, 2.05) is 36.4 Å². The molecule has 1 aromatic carbocycles. The largest absolute Gasteiger partial charge is 0.470 e. The van der Waals surface area contributed by atoms with Gasteiger partial charge in [0, 0.05) is 0 Å². The average molecular weight is 365 g/mol. The fourth-order valence-corrected chi connectivity index (χ4v) is 2.81. The molecule has 0 aliphatic rings. The summed E-state index contributed by atoms with van der Waals surface area (Å²) in [6.07, 6.45) is 1.86. The molecular weight excluding hydrogens is 344 g/mol. The van der Waals surface area contributed by atoms with Crippen LogP contribution in [0.5, 0.6) is 5.88 Å². The Morgan fingerprint density at radius 2 is 2.00 bits per heavy atom. The predicted molar refractivity (Wildman–Crippen MR) is 90.8 cm³/mol. The second-order valence-electron chi connectivity index (χ2n) is 4.84. The molecule has 118 valence electrons. The highest BCUT2D eigenvalue weighted by Gasteiger charge is 2.25. The van der Waals surface area contributed by atoms with Crippen molar-refractivity contribution in [1.29, 1.82) is 0 Å². The number of aromatic nitrogens is 1. The maximum Gasteiger partial charge on any atom is 0.269 e. The highest BCUT2D eigenvalue weighted by molar-refractivity contribution is 9.10. The highest BCUT2D eigenvalue weighted by atomic mass is 79.9. The van der Waals surface area contributed by atoms with E-state index in [-0.39, 0.29) is 6.04 Å². The second kappa shape index (κ2) is 8.15. The Labute approximate surface area is 139 Å². The molecule has 22 heavy (non-hydrogen) atoms. The number of ether oxygens (including phenoxy) is 1. The van der Waals surface area contributed by atoms with Gasteiger partial charge in [-0.3, -0.25) is 4.90 Å². The maximum atomic E-state index is 5.74. The minimum atomic E-state index is -0.0223. The van der Waals surface area contributed by atoms with Crippen LogP contribution in [0.2, 0.25) is 0 Å². The van der Waals surface area contributed by atoms with Gasteiger partial charge < -0.3 is 9.26 Å². The molecular formula is C17H21BrN2O2. The van der Waals surface area contributed by atoms with Gasteiger partial charge in [0.25, 0.3) is 5.88 Å². The molecule has 0 radical (unpaired) electrons. The van der Waals surface area contributed by atoms with Gasteiger partial charge in [0.2, 0.25) is 0 Å². The summed E-state index contributed by atoms with van der Waals surface area (Å²) in [6, 6.07) is 9.94. The lowest BCUT2D eigenvalue weighted by Gasteiger charge is -2.24. The predicted octanol–water partition coefficient (Wildman–Crippen LogP) is 4.59. The third-order valence-corrected chi connectivity index (χ3v) is 4.28. The van der Waals surface area contributed by atoms with Crippen molar-refractivity contribution in [2.45, 2.75) is 26.5 Å². The first-order valence-electron chi connectivity index (χ1n) is 7.39. The van der Waals surface area contributed by atoms with E-state index in [1.54, 1.807) is 0 Å². The second-order valence-corrected chi connectivity index (χ2v) is 5.63. The monoisotopic (exact) mass is 364 g/mol. The molecule has 0 bridgehead atoms. The molecule has 2 rings (SSSR count). The van der Waals surface area contributed by atoms with Gasteiger partial charge in [-0.05, 0) is 39.7 Å². The van der Waals surface area contributed by atoms with Crippen LogP contribution < -0.4 is 4.74 Å². The number of hydrogen-bond donors (Lipinski definition) is 0. The summed E-state index contributed by atoms with van der Waals surface area (Å²) in [5.41, 5.74) is 1.09. The Hall–Kier alpha value is -1.59. The van der Waals surface area contributed by atoms with Crippen molar-refractivity contribution < 1.29 is 9.26 Å². The van der Waals surface area contributed by atoms with Gasteiger partial charge in [-0.25, -0.2) is 0 Å². The summed E-state index contributed by atoms with van der Waals surface area (Å²) < 4.78 is 12.0. The molecule has 0 N–H and O–H groups in total. The average Bonchev–Trinajstić information content (AvgIpc) is 2.92. The van der Waals surface area contributed by atoms with Crippen LogP contribution in [0.4, 0.5) is 0 Å². The van der Waals surface area contributed by atoms with Crippen LogP contribution in [-0.4, -0.2) is 23.1 Å². The topological polar surface area (TPSA) is 38.5 Å². The van der Waals surface area contributed by atoms with Crippen molar-refractivity contribution in [3.05, 3.63) is 58.8 Å². The third kappa shape index (κ3) is 3.78. The van der Waals surface area contributed by atoms with Crippen LogP contribution in [0, 0.1) is 0 Å². The van der Waals surface area contributed by atoms with E-state index in [0.29, 0.717) is 12.5 Å². The summed E-state index contributed by atoms with van der Waals surface area (Å²) in [5.74, 6) is 1.19. The minimum absolute atomic E-state index is 0.0223. The van der Waals surface area contributed by atoms with Crippen LogP contribution in [0.3, 0.4) is 0 Å². The van der Waals surface area contributed by atoms with Crippen molar-refractivity contribution in [3.63, 3.8) is 0 Å². The lowest BCUT2D eigenvalue weighted by Crippen LogP contribution is -2.27. The lowest BCUT2D eigenvalue weighted by molar-refractivity contribution is 0.210. The molecule has 1 heterocycles. The quantitative estimate of drug-likeness (QED) is 0.642. The third-order valence-electron chi connectivity index (χ3n) is 3.55. The van der Waals surface area contributed by atoms with E-state index in [2.05, 4.69) is 46.4 Å². The van der Waals surface area contributed by atoms with Crippen molar-refractivity contribution in [2.75, 3.05) is 13.1 Å². The number of hydrogen-bond acceptors (Lipinski definition) is 4. The Bertz CT molecular complexity index is 594. The summed E-state index contributed by atoms with van der Waals surface area (Å²) in [4.78, 5) is 2.24. The number of halogens is 1. The van der Waals surface area contributed by atoms with Crippen LogP contribution in [0.25, 0.3) is 0 Å². The maximum absolute atomic E-state index is 5.74. The zero-order chi connectivity index (χ0) is 15.9. The summed E-state index contributed by atoms with van der Waals surface area (Å²) in [7, 11) is 0. The smallest absolute Gasteiger partial charge is 0.269 e. The molecule has 0 aliphatic carbocycles. The molecule has 0 saturated heterocycles.